The molecule has 0 aliphatic carbocycles. The molecule has 0 radical (unpaired) electrons. The summed E-state index contributed by atoms with van der Waals surface area (Å²) in [5, 5.41) is 0. The van der Waals surface area contributed by atoms with Gasteiger partial charge in [-0.3, -0.25) is 0 Å². The van der Waals surface area contributed by atoms with E-state index in [-0.39, 0.29) is 142 Å². The van der Waals surface area contributed by atoms with Crippen LogP contribution in [0.1, 0.15) is 0 Å². The Morgan fingerprint density at radius 2 is 0.333 bits per heavy atom. The van der Waals surface area contributed by atoms with E-state index in [1.54, 1.807) is 0 Å². The van der Waals surface area contributed by atoms with Gasteiger partial charge in [0.25, 0.3) is 0 Å². The van der Waals surface area contributed by atoms with Crippen LogP contribution < -0.4 is 120 Å². The van der Waals surface area contributed by atoms with Crippen molar-refractivity contribution in [3.63, 3.8) is 0 Å². The fraction of sp³-hybridized carbons (Fsp3) is 0. The first-order chi connectivity index (χ1) is 0. The van der Waals surface area contributed by atoms with Crippen LogP contribution in [0.5, 0.6) is 0 Å². The molecule has 6 heavy (non-hydrogen) atoms. The third-order valence-corrected chi connectivity index (χ3v) is 0. The molecule has 0 aliphatic heterocycles. The van der Waals surface area contributed by atoms with Gasteiger partial charge in [-0.15, -0.1) is 0 Å². The molecule has 0 rings (SSSR count). The Morgan fingerprint density at radius 3 is 0.333 bits per heavy atom. The molecule has 0 nitrogen and oxygen atoms in total. The van der Waals surface area contributed by atoms with Crippen LogP contribution in [-0.2, 0) is 22.4 Å². The first-order valence-electron chi connectivity index (χ1n) is 0. The Bertz CT molecular complexity index is 3.90. The van der Waals surface area contributed by atoms with Crippen LogP contribution in [0.4, 0.5) is 0 Å². The number of hydrogen-bond donors (Lipinski definition) is 0. The zero-order chi connectivity index (χ0) is 0. The van der Waals surface area contributed by atoms with Crippen molar-refractivity contribution in [3.8, 4) is 0 Å². The van der Waals surface area contributed by atoms with Gasteiger partial charge in [0.05, 0.1) is 0 Å². The monoisotopic (exact) mass is 727 g/mol. The molecule has 0 unspecified atom stereocenters. The Labute approximate surface area is 139 Å². The van der Waals surface area contributed by atoms with Gasteiger partial charge in [0, 0.05) is 0 Å². The van der Waals surface area contributed by atoms with E-state index in [1.807, 2.05) is 0 Å². The molecule has 0 spiro atoms. The third kappa shape index (κ3) is 23.8. The molecule has 0 saturated carbocycles. The van der Waals surface area contributed by atoms with Crippen molar-refractivity contribution in [1.82, 2.24) is 0 Å². The van der Waals surface area contributed by atoms with E-state index in [0.717, 1.165) is 0 Å². The van der Waals surface area contributed by atoms with E-state index in [0.29, 0.717) is 0 Å². The smallest absolute Gasteiger partial charge is 1.00 e. The maximum Gasteiger partial charge on any atom is 5.00 e. The maximum atomic E-state index is 0. The summed E-state index contributed by atoms with van der Waals surface area (Å²) in [5.41, 5.74) is 0. The van der Waals surface area contributed by atoms with Crippen molar-refractivity contribution in [2.75, 3.05) is 0 Å². The molecule has 0 saturated heterocycles. The molecule has 0 fully saturated rings. The molecular formula is I5Nb. The van der Waals surface area contributed by atoms with Crippen LogP contribution in [0.25, 0.3) is 0 Å². The van der Waals surface area contributed by atoms with Gasteiger partial charge in [-0.05, 0) is 0 Å². The van der Waals surface area contributed by atoms with Gasteiger partial charge < -0.3 is 120 Å². The Kier molecular flexibility index (Phi) is 272. The van der Waals surface area contributed by atoms with Crippen molar-refractivity contribution in [2.45, 2.75) is 0 Å². The zero-order valence-electron chi connectivity index (χ0n) is 2.34. The number of halogens is 5. The summed E-state index contributed by atoms with van der Waals surface area (Å²) < 4.78 is 0. The van der Waals surface area contributed by atoms with Crippen molar-refractivity contribution in [1.29, 1.82) is 0 Å². The SMILES string of the molecule is [I-].[I-].[I-].[I-].[I-].[Nb+5]. The molecule has 0 aromatic carbocycles. The van der Waals surface area contributed by atoms with Crippen molar-refractivity contribution < 1.29 is 142 Å². The van der Waals surface area contributed by atoms with Gasteiger partial charge in [-0.2, -0.15) is 0 Å². The fourth-order valence-corrected chi connectivity index (χ4v) is 0. The summed E-state index contributed by atoms with van der Waals surface area (Å²) in [5.74, 6) is 0. The average Bonchev–Trinajstić information content (AvgIpc) is 0. The van der Waals surface area contributed by atoms with Crippen molar-refractivity contribution in [3.05, 3.63) is 0 Å². The second-order valence-electron chi connectivity index (χ2n) is 0. The van der Waals surface area contributed by atoms with Crippen LogP contribution in [-0.4, -0.2) is 0 Å². The summed E-state index contributed by atoms with van der Waals surface area (Å²) in [6.07, 6.45) is 0. The minimum atomic E-state index is 0. The van der Waals surface area contributed by atoms with Gasteiger partial charge in [-0.25, -0.2) is 0 Å². The zero-order valence-corrected chi connectivity index (χ0v) is 15.3. The maximum absolute atomic E-state index is 0. The first-order valence-corrected chi connectivity index (χ1v) is 0. The summed E-state index contributed by atoms with van der Waals surface area (Å²) in [4.78, 5) is 0. The van der Waals surface area contributed by atoms with Crippen LogP contribution in [0, 0.1) is 0 Å². The summed E-state index contributed by atoms with van der Waals surface area (Å²) in [6, 6.07) is 0. The number of rotatable bonds is 0. The first kappa shape index (κ1) is 47.5. The van der Waals surface area contributed by atoms with Crippen LogP contribution in [0.2, 0.25) is 0 Å². The predicted molar refractivity (Wildman–Crippen MR) is 0 cm³/mol. The van der Waals surface area contributed by atoms with Gasteiger partial charge in [-0.1, -0.05) is 0 Å². The van der Waals surface area contributed by atoms with Crippen molar-refractivity contribution >= 4 is 0 Å². The van der Waals surface area contributed by atoms with Crippen LogP contribution >= 0.6 is 0 Å². The van der Waals surface area contributed by atoms with E-state index in [1.165, 1.54) is 0 Å². The quantitative estimate of drug-likeness (QED) is 0.172. The Hall–Kier alpha value is 4.39. The molecule has 0 aromatic heterocycles. The molecule has 6 heteroatoms. The minimum absolute atomic E-state index is 0. The van der Waals surface area contributed by atoms with Gasteiger partial charge >= 0.3 is 22.4 Å². The normalized spacial score (nSPS) is 0. The molecule has 0 aromatic rings. The topological polar surface area (TPSA) is 0 Å². The van der Waals surface area contributed by atoms with Crippen LogP contribution in [0.15, 0.2) is 0 Å². The van der Waals surface area contributed by atoms with E-state index < -0.39 is 0 Å². The van der Waals surface area contributed by atoms with E-state index in [9.17, 15) is 0 Å². The summed E-state index contributed by atoms with van der Waals surface area (Å²) >= 11 is 0. The largest absolute Gasteiger partial charge is 5.00 e. The molecule has 0 bridgehead atoms. The third-order valence-electron chi connectivity index (χ3n) is 0. The average molecular weight is 727 g/mol. The standard InChI is InChI=1S/5HI.Nb/h5*1H;/q;;;;;+5/p-5. The molecule has 0 heterocycles. The molecule has 0 aliphatic rings. The molecule has 0 atom stereocenters. The Morgan fingerprint density at radius 1 is 0.333 bits per heavy atom. The van der Waals surface area contributed by atoms with Gasteiger partial charge in [0.1, 0.15) is 0 Å². The Balaban J connectivity index is 0. The molecule has 40 valence electrons. The second-order valence-corrected chi connectivity index (χ2v) is 0. The molecule has 0 N–H and O–H groups in total. The molecule has 0 amide bonds. The van der Waals surface area contributed by atoms with Crippen molar-refractivity contribution in [2.24, 2.45) is 0 Å². The second kappa shape index (κ2) is 34.3. The fourth-order valence-electron chi connectivity index (χ4n) is 0. The summed E-state index contributed by atoms with van der Waals surface area (Å²) in [6.45, 7) is 0. The molecular weight excluding hydrogens is 727 g/mol. The van der Waals surface area contributed by atoms with Crippen LogP contribution in [0.3, 0.4) is 0 Å². The van der Waals surface area contributed by atoms with Gasteiger partial charge in [0.15, 0.2) is 0 Å². The van der Waals surface area contributed by atoms with E-state index in [2.05, 4.69) is 0 Å². The van der Waals surface area contributed by atoms with E-state index >= 15 is 0 Å². The summed E-state index contributed by atoms with van der Waals surface area (Å²) in [7, 11) is 0. The number of hydrogen-bond acceptors (Lipinski definition) is 0. The van der Waals surface area contributed by atoms with Gasteiger partial charge in [0.2, 0.25) is 0 Å². The van der Waals surface area contributed by atoms with E-state index in [4.69, 9.17) is 0 Å². The minimum Gasteiger partial charge on any atom is -1.00 e. The predicted octanol–water partition coefficient (Wildman–Crippen LogP) is -15.0.